The van der Waals surface area contributed by atoms with Gasteiger partial charge in [-0.1, -0.05) is 0 Å². The molecule has 0 radical (unpaired) electrons. The fraction of sp³-hybridized carbons (Fsp3) is 0.167. The summed E-state index contributed by atoms with van der Waals surface area (Å²) < 4.78 is 6.79. The topological polar surface area (TPSA) is 60.1 Å². The van der Waals surface area contributed by atoms with Crippen molar-refractivity contribution in [1.82, 2.24) is 15.1 Å². The Morgan fingerprint density at radius 1 is 1.59 bits per heavy atom. The maximum Gasteiger partial charge on any atom is 0.244 e. The van der Waals surface area contributed by atoms with Crippen molar-refractivity contribution in [2.24, 2.45) is 7.05 Å². The average Bonchev–Trinajstić information content (AvgIpc) is 2.95. The van der Waals surface area contributed by atoms with Gasteiger partial charge >= 0.3 is 0 Å². The van der Waals surface area contributed by atoms with Crippen molar-refractivity contribution in [2.45, 2.75) is 6.54 Å². The molecule has 0 aliphatic carbocycles. The van der Waals surface area contributed by atoms with Gasteiger partial charge in [0.2, 0.25) is 5.91 Å². The van der Waals surface area contributed by atoms with Gasteiger partial charge in [0.15, 0.2) is 0 Å². The predicted molar refractivity (Wildman–Crippen MR) is 62.8 cm³/mol. The lowest BCUT2D eigenvalue weighted by Crippen LogP contribution is -2.19. The molecular weight excluding hydrogens is 218 g/mol. The number of hydrogen-bond donors (Lipinski definition) is 1. The summed E-state index contributed by atoms with van der Waals surface area (Å²) >= 11 is 0. The summed E-state index contributed by atoms with van der Waals surface area (Å²) in [6.45, 7) is 0.390. The van der Waals surface area contributed by atoms with Gasteiger partial charge in [0.05, 0.1) is 18.5 Å². The Morgan fingerprint density at radius 3 is 3.12 bits per heavy atom. The van der Waals surface area contributed by atoms with Crippen LogP contribution < -0.4 is 5.32 Å². The second kappa shape index (κ2) is 5.16. The minimum atomic E-state index is -0.164. The smallest absolute Gasteiger partial charge is 0.244 e. The fourth-order valence-electron chi connectivity index (χ4n) is 1.36. The van der Waals surface area contributed by atoms with Crippen molar-refractivity contribution < 1.29 is 9.21 Å². The number of rotatable bonds is 4. The number of carbonyl (C=O) groups is 1. The van der Waals surface area contributed by atoms with Crippen molar-refractivity contribution in [3.63, 3.8) is 0 Å². The molecule has 0 unspecified atom stereocenters. The molecule has 0 aliphatic heterocycles. The molecule has 0 atom stereocenters. The summed E-state index contributed by atoms with van der Waals surface area (Å²) in [4.78, 5) is 11.5. The van der Waals surface area contributed by atoms with E-state index < -0.39 is 0 Å². The quantitative estimate of drug-likeness (QED) is 0.808. The summed E-state index contributed by atoms with van der Waals surface area (Å²) in [6, 6.07) is 5.42. The molecule has 0 bridgehead atoms. The first-order chi connectivity index (χ1) is 8.25. The van der Waals surface area contributed by atoms with Crippen LogP contribution in [0.4, 0.5) is 0 Å². The second-order valence-electron chi connectivity index (χ2n) is 3.51. The van der Waals surface area contributed by atoms with Crippen LogP contribution in [0.5, 0.6) is 0 Å². The van der Waals surface area contributed by atoms with Gasteiger partial charge in [0.25, 0.3) is 0 Å². The fourth-order valence-corrected chi connectivity index (χ4v) is 1.36. The Morgan fingerprint density at radius 2 is 2.47 bits per heavy atom. The number of hydrogen-bond acceptors (Lipinski definition) is 3. The Kier molecular flexibility index (Phi) is 3.40. The number of furan rings is 1. The first kappa shape index (κ1) is 11.2. The predicted octanol–water partition coefficient (Wildman–Crippen LogP) is 1.34. The van der Waals surface area contributed by atoms with Crippen molar-refractivity contribution in [2.75, 3.05) is 0 Å². The third kappa shape index (κ3) is 3.07. The third-order valence-electron chi connectivity index (χ3n) is 2.28. The number of aryl methyl sites for hydroxylation is 1. The number of nitrogens with zero attached hydrogens (tertiary/aromatic N) is 2. The molecule has 0 aromatic carbocycles. The number of amides is 1. The van der Waals surface area contributed by atoms with E-state index in [0.29, 0.717) is 6.54 Å². The van der Waals surface area contributed by atoms with Crippen LogP contribution in [0.1, 0.15) is 11.5 Å². The highest BCUT2D eigenvalue weighted by Crippen LogP contribution is 2.00. The summed E-state index contributed by atoms with van der Waals surface area (Å²) in [5.41, 5.74) is 0.873. The van der Waals surface area contributed by atoms with Crippen LogP contribution in [0.15, 0.2) is 41.2 Å². The van der Waals surface area contributed by atoms with E-state index >= 15 is 0 Å². The summed E-state index contributed by atoms with van der Waals surface area (Å²) in [5, 5.41) is 6.72. The highest BCUT2D eigenvalue weighted by Gasteiger charge is 1.99. The maximum absolute atomic E-state index is 11.5. The zero-order valence-corrected chi connectivity index (χ0v) is 9.46. The molecule has 1 amide bonds. The van der Waals surface area contributed by atoms with Crippen LogP contribution in [0, 0.1) is 0 Å². The van der Waals surface area contributed by atoms with Gasteiger partial charge in [0, 0.05) is 19.3 Å². The van der Waals surface area contributed by atoms with Crippen molar-refractivity contribution in [3.05, 3.63) is 48.2 Å². The van der Waals surface area contributed by atoms with E-state index in [-0.39, 0.29) is 5.91 Å². The van der Waals surface area contributed by atoms with E-state index in [1.165, 1.54) is 6.08 Å². The molecule has 0 spiro atoms. The van der Waals surface area contributed by atoms with Crippen LogP contribution in [-0.4, -0.2) is 15.7 Å². The molecule has 2 aromatic rings. The molecule has 0 fully saturated rings. The van der Waals surface area contributed by atoms with Gasteiger partial charge in [0.1, 0.15) is 5.76 Å². The van der Waals surface area contributed by atoms with Gasteiger partial charge in [-0.05, 0) is 24.3 Å². The molecular formula is C12H13N3O2. The first-order valence-corrected chi connectivity index (χ1v) is 5.22. The Bertz CT molecular complexity index is 512. The molecule has 2 heterocycles. The van der Waals surface area contributed by atoms with Crippen molar-refractivity contribution in [1.29, 1.82) is 0 Å². The Balaban J connectivity index is 1.85. The molecule has 2 aromatic heterocycles. The first-order valence-electron chi connectivity index (χ1n) is 5.22. The SMILES string of the molecule is Cn1nccc1C=CC(=O)NCc1ccco1. The van der Waals surface area contributed by atoms with Crippen molar-refractivity contribution >= 4 is 12.0 Å². The van der Waals surface area contributed by atoms with Gasteiger partial charge in [-0.2, -0.15) is 5.10 Å². The maximum atomic E-state index is 11.5. The molecule has 0 saturated carbocycles. The van der Waals surface area contributed by atoms with Crippen molar-refractivity contribution in [3.8, 4) is 0 Å². The van der Waals surface area contributed by atoms with E-state index in [0.717, 1.165) is 11.5 Å². The Labute approximate surface area is 98.7 Å². The molecule has 2 rings (SSSR count). The van der Waals surface area contributed by atoms with Crippen LogP contribution in [0.25, 0.3) is 6.08 Å². The van der Waals surface area contributed by atoms with Crippen LogP contribution in [0.2, 0.25) is 0 Å². The van der Waals surface area contributed by atoms with E-state index in [4.69, 9.17) is 4.42 Å². The lowest BCUT2D eigenvalue weighted by atomic mass is 10.3. The van der Waals surface area contributed by atoms with Crippen LogP contribution >= 0.6 is 0 Å². The van der Waals surface area contributed by atoms with E-state index in [1.807, 2.05) is 19.2 Å². The zero-order chi connectivity index (χ0) is 12.1. The monoisotopic (exact) mass is 231 g/mol. The average molecular weight is 231 g/mol. The molecule has 1 N–H and O–H groups in total. The summed E-state index contributed by atoms with van der Waals surface area (Å²) in [7, 11) is 1.82. The largest absolute Gasteiger partial charge is 0.467 e. The molecule has 88 valence electrons. The number of carbonyl (C=O) groups excluding carboxylic acids is 1. The van der Waals surface area contributed by atoms with E-state index in [2.05, 4.69) is 10.4 Å². The van der Waals surface area contributed by atoms with Gasteiger partial charge < -0.3 is 9.73 Å². The molecule has 0 aliphatic rings. The normalized spacial score (nSPS) is 10.9. The lowest BCUT2D eigenvalue weighted by Gasteiger charge is -1.98. The zero-order valence-electron chi connectivity index (χ0n) is 9.46. The second-order valence-corrected chi connectivity index (χ2v) is 3.51. The molecule has 5 nitrogen and oxygen atoms in total. The highest BCUT2D eigenvalue weighted by molar-refractivity contribution is 5.91. The number of nitrogens with one attached hydrogen (secondary N) is 1. The van der Waals surface area contributed by atoms with E-state index in [9.17, 15) is 4.79 Å². The minimum absolute atomic E-state index is 0.164. The molecule has 5 heteroatoms. The number of aromatic nitrogens is 2. The summed E-state index contributed by atoms with van der Waals surface area (Å²) in [5.74, 6) is 0.565. The lowest BCUT2D eigenvalue weighted by molar-refractivity contribution is -0.116. The van der Waals surface area contributed by atoms with Gasteiger partial charge in [-0.15, -0.1) is 0 Å². The van der Waals surface area contributed by atoms with Crippen LogP contribution in [-0.2, 0) is 18.4 Å². The van der Waals surface area contributed by atoms with Gasteiger partial charge in [-0.3, -0.25) is 9.48 Å². The molecule has 0 saturated heterocycles. The highest BCUT2D eigenvalue weighted by atomic mass is 16.3. The minimum Gasteiger partial charge on any atom is -0.467 e. The van der Waals surface area contributed by atoms with Crippen LogP contribution in [0.3, 0.4) is 0 Å². The summed E-state index contributed by atoms with van der Waals surface area (Å²) in [6.07, 6.45) is 6.44. The third-order valence-corrected chi connectivity index (χ3v) is 2.28. The standard InChI is InChI=1S/C12H13N3O2/c1-15-10(6-7-14-15)4-5-12(16)13-9-11-3-2-8-17-11/h2-8H,9H2,1H3,(H,13,16). The molecule has 17 heavy (non-hydrogen) atoms. The van der Waals surface area contributed by atoms with Gasteiger partial charge in [-0.25, -0.2) is 0 Å². The van der Waals surface area contributed by atoms with E-state index in [1.54, 1.807) is 29.3 Å². The Hall–Kier alpha value is -2.30.